The van der Waals surface area contributed by atoms with Crippen molar-refractivity contribution in [2.24, 2.45) is 0 Å². The number of anilines is 1. The van der Waals surface area contributed by atoms with Crippen LogP contribution in [0, 0.1) is 6.92 Å². The van der Waals surface area contributed by atoms with E-state index < -0.39 is 0 Å². The second-order valence-corrected chi connectivity index (χ2v) is 8.13. The molecule has 0 spiro atoms. The minimum absolute atomic E-state index is 0.0905. The summed E-state index contributed by atoms with van der Waals surface area (Å²) in [5, 5.41) is 3.18. The van der Waals surface area contributed by atoms with E-state index in [-0.39, 0.29) is 5.91 Å². The van der Waals surface area contributed by atoms with Crippen molar-refractivity contribution in [1.29, 1.82) is 0 Å². The summed E-state index contributed by atoms with van der Waals surface area (Å²) in [6, 6.07) is 16.9. The molecule has 1 N–H and O–H groups in total. The third-order valence-electron chi connectivity index (χ3n) is 5.49. The van der Waals surface area contributed by atoms with Crippen LogP contribution in [0.2, 0.25) is 0 Å². The molecule has 4 heteroatoms. The number of nitrogens with one attached hydrogen (secondary N) is 1. The minimum Gasteiger partial charge on any atom is -0.324 e. The van der Waals surface area contributed by atoms with Crippen LogP contribution in [0.1, 0.15) is 42.9 Å². The van der Waals surface area contributed by atoms with E-state index in [0.29, 0.717) is 12.5 Å². The van der Waals surface area contributed by atoms with E-state index in [0.717, 1.165) is 50.4 Å². The summed E-state index contributed by atoms with van der Waals surface area (Å²) in [6.45, 7) is 11.9. The number of aryl methyl sites for hydroxylation is 1. The standard InChI is InChI=1S/C24H33N3O/c1-19(2)22-12-7-9-20(3)24(22)25-23(28)18-27-14-8-13-26(15-16-27)17-21-10-5-4-6-11-21/h4-7,9-12,19H,8,13-18H2,1-3H3,(H,25,28). The summed E-state index contributed by atoms with van der Waals surface area (Å²) in [4.78, 5) is 17.5. The lowest BCUT2D eigenvalue weighted by atomic mass is 9.98. The second kappa shape index (κ2) is 9.85. The minimum atomic E-state index is 0.0905. The molecule has 1 saturated heterocycles. The summed E-state index contributed by atoms with van der Waals surface area (Å²) >= 11 is 0. The van der Waals surface area contributed by atoms with Crippen LogP contribution in [0.15, 0.2) is 48.5 Å². The van der Waals surface area contributed by atoms with Gasteiger partial charge in [-0.2, -0.15) is 0 Å². The Morgan fingerprint density at radius 1 is 0.964 bits per heavy atom. The topological polar surface area (TPSA) is 35.6 Å². The SMILES string of the molecule is Cc1cccc(C(C)C)c1NC(=O)CN1CCCN(Cc2ccccc2)CC1. The number of hydrogen-bond donors (Lipinski definition) is 1. The monoisotopic (exact) mass is 379 g/mol. The zero-order valence-electron chi connectivity index (χ0n) is 17.4. The maximum atomic E-state index is 12.7. The zero-order valence-corrected chi connectivity index (χ0v) is 17.4. The van der Waals surface area contributed by atoms with E-state index in [1.807, 2.05) is 0 Å². The van der Waals surface area contributed by atoms with Gasteiger partial charge in [0.1, 0.15) is 0 Å². The smallest absolute Gasteiger partial charge is 0.238 e. The van der Waals surface area contributed by atoms with Gasteiger partial charge in [0.25, 0.3) is 0 Å². The van der Waals surface area contributed by atoms with Gasteiger partial charge in [-0.05, 0) is 49.0 Å². The molecular weight excluding hydrogens is 346 g/mol. The first-order valence-electron chi connectivity index (χ1n) is 10.4. The van der Waals surface area contributed by atoms with Gasteiger partial charge in [-0.25, -0.2) is 0 Å². The Hall–Kier alpha value is -2.17. The van der Waals surface area contributed by atoms with Gasteiger partial charge in [-0.15, -0.1) is 0 Å². The normalized spacial score (nSPS) is 16.1. The predicted molar refractivity (Wildman–Crippen MR) is 117 cm³/mol. The molecule has 1 fully saturated rings. The van der Waals surface area contributed by atoms with Gasteiger partial charge in [-0.3, -0.25) is 14.6 Å². The molecule has 1 amide bonds. The van der Waals surface area contributed by atoms with Gasteiger partial charge >= 0.3 is 0 Å². The fraction of sp³-hybridized carbons (Fsp3) is 0.458. The molecule has 150 valence electrons. The molecule has 0 bridgehead atoms. The molecule has 0 unspecified atom stereocenters. The first-order chi connectivity index (χ1) is 13.5. The molecule has 0 atom stereocenters. The number of para-hydroxylation sites is 1. The highest BCUT2D eigenvalue weighted by molar-refractivity contribution is 5.93. The molecular formula is C24H33N3O. The van der Waals surface area contributed by atoms with Crippen molar-refractivity contribution in [1.82, 2.24) is 9.80 Å². The van der Waals surface area contributed by atoms with Crippen molar-refractivity contribution >= 4 is 11.6 Å². The predicted octanol–water partition coefficient (Wildman–Crippen LogP) is 4.26. The number of nitrogens with zero attached hydrogens (tertiary/aromatic N) is 2. The maximum Gasteiger partial charge on any atom is 0.238 e. The summed E-state index contributed by atoms with van der Waals surface area (Å²) < 4.78 is 0. The first-order valence-corrected chi connectivity index (χ1v) is 10.4. The van der Waals surface area contributed by atoms with Gasteiger partial charge in [0.2, 0.25) is 5.91 Å². The van der Waals surface area contributed by atoms with Crippen LogP contribution >= 0.6 is 0 Å². The van der Waals surface area contributed by atoms with Crippen LogP contribution in [0.4, 0.5) is 5.69 Å². The third-order valence-corrected chi connectivity index (χ3v) is 5.49. The molecule has 2 aromatic rings. The molecule has 1 aliphatic heterocycles. The van der Waals surface area contributed by atoms with Crippen LogP contribution < -0.4 is 5.32 Å². The number of amides is 1. The van der Waals surface area contributed by atoms with E-state index in [2.05, 4.69) is 84.4 Å². The largest absolute Gasteiger partial charge is 0.324 e. The lowest BCUT2D eigenvalue weighted by Crippen LogP contribution is -2.36. The van der Waals surface area contributed by atoms with Gasteiger partial charge < -0.3 is 5.32 Å². The van der Waals surface area contributed by atoms with Crippen LogP contribution in [0.3, 0.4) is 0 Å². The van der Waals surface area contributed by atoms with Crippen LogP contribution in [0.5, 0.6) is 0 Å². The third kappa shape index (κ3) is 5.66. The van der Waals surface area contributed by atoms with E-state index in [1.54, 1.807) is 0 Å². The Kier molecular flexibility index (Phi) is 7.24. The van der Waals surface area contributed by atoms with Gasteiger partial charge in [0, 0.05) is 25.3 Å². The fourth-order valence-corrected chi connectivity index (χ4v) is 3.91. The first kappa shape index (κ1) is 20.6. The van der Waals surface area contributed by atoms with Gasteiger partial charge in [-0.1, -0.05) is 62.4 Å². The highest BCUT2D eigenvalue weighted by atomic mass is 16.2. The van der Waals surface area contributed by atoms with Crippen molar-refractivity contribution < 1.29 is 4.79 Å². The Bertz CT molecular complexity index is 773. The van der Waals surface area contributed by atoms with E-state index in [1.165, 1.54) is 11.1 Å². The van der Waals surface area contributed by atoms with Crippen LogP contribution in [0.25, 0.3) is 0 Å². The average Bonchev–Trinajstić information content (AvgIpc) is 2.89. The molecule has 4 nitrogen and oxygen atoms in total. The lowest BCUT2D eigenvalue weighted by Gasteiger charge is -2.22. The molecule has 0 radical (unpaired) electrons. The Labute approximate surface area is 169 Å². The summed E-state index contributed by atoms with van der Waals surface area (Å²) in [6.07, 6.45) is 1.10. The van der Waals surface area contributed by atoms with Gasteiger partial charge in [0.05, 0.1) is 6.54 Å². The number of carbonyl (C=O) groups is 1. The molecule has 1 aliphatic rings. The maximum absolute atomic E-state index is 12.7. The van der Waals surface area contributed by atoms with Gasteiger partial charge in [0.15, 0.2) is 0 Å². The van der Waals surface area contributed by atoms with E-state index in [9.17, 15) is 4.79 Å². The highest BCUT2D eigenvalue weighted by Crippen LogP contribution is 2.27. The molecule has 1 heterocycles. The summed E-state index contributed by atoms with van der Waals surface area (Å²) in [5.74, 6) is 0.479. The zero-order chi connectivity index (χ0) is 19.9. The lowest BCUT2D eigenvalue weighted by molar-refractivity contribution is -0.117. The van der Waals surface area contributed by atoms with Crippen molar-refractivity contribution in [3.05, 3.63) is 65.2 Å². The molecule has 0 saturated carbocycles. The second-order valence-electron chi connectivity index (χ2n) is 8.13. The molecule has 0 aromatic heterocycles. The quantitative estimate of drug-likeness (QED) is 0.814. The average molecular weight is 380 g/mol. The molecule has 2 aromatic carbocycles. The van der Waals surface area contributed by atoms with Crippen molar-refractivity contribution in [3.8, 4) is 0 Å². The number of benzene rings is 2. The highest BCUT2D eigenvalue weighted by Gasteiger charge is 2.18. The molecule has 28 heavy (non-hydrogen) atoms. The molecule has 3 rings (SSSR count). The van der Waals surface area contributed by atoms with Crippen molar-refractivity contribution in [3.63, 3.8) is 0 Å². The number of rotatable bonds is 6. The Balaban J connectivity index is 1.54. The van der Waals surface area contributed by atoms with E-state index in [4.69, 9.17) is 0 Å². The van der Waals surface area contributed by atoms with Crippen molar-refractivity contribution in [2.75, 3.05) is 38.0 Å². The van der Waals surface area contributed by atoms with Crippen LogP contribution in [-0.2, 0) is 11.3 Å². The molecule has 0 aliphatic carbocycles. The Morgan fingerprint density at radius 3 is 2.43 bits per heavy atom. The van der Waals surface area contributed by atoms with E-state index >= 15 is 0 Å². The van der Waals surface area contributed by atoms with Crippen LogP contribution in [-0.4, -0.2) is 48.4 Å². The van der Waals surface area contributed by atoms with Crippen molar-refractivity contribution in [2.45, 2.75) is 39.7 Å². The summed E-state index contributed by atoms with van der Waals surface area (Å²) in [5.41, 5.74) is 4.68. The summed E-state index contributed by atoms with van der Waals surface area (Å²) in [7, 11) is 0. The fourth-order valence-electron chi connectivity index (χ4n) is 3.91. The number of hydrogen-bond acceptors (Lipinski definition) is 3. The Morgan fingerprint density at radius 2 is 1.68 bits per heavy atom. The number of carbonyl (C=O) groups excluding carboxylic acids is 1.